The number of nitrogens with one attached hydrogen (secondary N) is 1. The van der Waals surface area contributed by atoms with Gasteiger partial charge in [0, 0.05) is 42.8 Å². The molecule has 1 saturated heterocycles. The van der Waals surface area contributed by atoms with Gasteiger partial charge in [0.2, 0.25) is 0 Å². The Morgan fingerprint density at radius 2 is 2.05 bits per heavy atom. The first kappa shape index (κ1) is 14.0. The number of anilines is 1. The largest absolute Gasteiger partial charge is 0.369 e. The third-order valence-electron chi connectivity index (χ3n) is 3.77. The van der Waals surface area contributed by atoms with Crippen LogP contribution in [0.3, 0.4) is 0 Å². The highest BCUT2D eigenvalue weighted by Crippen LogP contribution is 2.38. The highest BCUT2D eigenvalue weighted by molar-refractivity contribution is 7.13. The van der Waals surface area contributed by atoms with Crippen molar-refractivity contribution in [2.75, 3.05) is 31.1 Å². The van der Waals surface area contributed by atoms with Gasteiger partial charge in [-0.15, -0.1) is 11.3 Å². The number of nitrogens with zero attached hydrogens (tertiary/aromatic N) is 2. The number of hydrogen-bond donors (Lipinski definition) is 1. The molecular formula is C15H17N3O2S. The summed E-state index contributed by atoms with van der Waals surface area (Å²) in [5, 5.41) is 16.6. The third-order valence-corrected chi connectivity index (χ3v) is 4.82. The molecule has 1 fully saturated rings. The predicted molar refractivity (Wildman–Crippen MR) is 86.2 cm³/mol. The molecule has 2 aromatic rings. The van der Waals surface area contributed by atoms with Crippen LogP contribution in [0.5, 0.6) is 0 Å². The Morgan fingerprint density at radius 3 is 2.67 bits per heavy atom. The number of thiophene rings is 1. The molecule has 0 unspecified atom stereocenters. The molecule has 3 rings (SSSR count). The molecular weight excluding hydrogens is 286 g/mol. The Hall–Kier alpha value is -1.92. The van der Waals surface area contributed by atoms with Crippen molar-refractivity contribution in [3.8, 4) is 10.4 Å². The van der Waals surface area contributed by atoms with Gasteiger partial charge in [0.1, 0.15) is 0 Å². The summed E-state index contributed by atoms with van der Waals surface area (Å²) in [7, 11) is 0. The molecule has 5 nitrogen and oxygen atoms in total. The van der Waals surface area contributed by atoms with Gasteiger partial charge in [-0.05, 0) is 36.1 Å². The van der Waals surface area contributed by atoms with E-state index in [1.807, 2.05) is 30.5 Å². The van der Waals surface area contributed by atoms with Gasteiger partial charge in [-0.3, -0.25) is 10.1 Å². The highest BCUT2D eigenvalue weighted by Gasteiger charge is 2.20. The average Bonchev–Trinajstić information content (AvgIpc) is 2.93. The molecule has 0 saturated carbocycles. The molecule has 1 aliphatic rings. The highest BCUT2D eigenvalue weighted by atomic mass is 32.1. The lowest BCUT2D eigenvalue weighted by Gasteiger charge is -2.29. The van der Waals surface area contributed by atoms with Crippen LogP contribution in [-0.2, 0) is 0 Å². The maximum absolute atomic E-state index is 11.3. The van der Waals surface area contributed by atoms with Crippen molar-refractivity contribution in [1.29, 1.82) is 0 Å². The van der Waals surface area contributed by atoms with Gasteiger partial charge in [-0.1, -0.05) is 0 Å². The standard InChI is InChI=1S/C15H17N3O2S/c1-11-4-9-21-15(11)13-10-12(2-3-14(13)18(19)20)17-7-5-16-6-8-17/h2-4,9-10,16H,5-8H2,1H3. The molecule has 21 heavy (non-hydrogen) atoms. The molecule has 1 aromatic carbocycles. The topological polar surface area (TPSA) is 58.4 Å². The Balaban J connectivity index is 2.06. The smallest absolute Gasteiger partial charge is 0.278 e. The second-order valence-corrected chi connectivity index (χ2v) is 6.04. The summed E-state index contributed by atoms with van der Waals surface area (Å²) in [6.45, 7) is 5.75. The lowest BCUT2D eigenvalue weighted by molar-refractivity contribution is -0.384. The van der Waals surface area contributed by atoms with E-state index in [9.17, 15) is 10.1 Å². The van der Waals surface area contributed by atoms with Gasteiger partial charge < -0.3 is 10.2 Å². The van der Waals surface area contributed by atoms with E-state index in [1.54, 1.807) is 17.4 Å². The zero-order valence-electron chi connectivity index (χ0n) is 11.8. The van der Waals surface area contributed by atoms with Gasteiger partial charge in [-0.25, -0.2) is 0 Å². The Labute approximate surface area is 127 Å². The molecule has 1 aliphatic heterocycles. The fourth-order valence-electron chi connectivity index (χ4n) is 2.63. The van der Waals surface area contributed by atoms with E-state index in [0.29, 0.717) is 0 Å². The molecule has 6 heteroatoms. The Kier molecular flexibility index (Phi) is 3.90. The monoisotopic (exact) mass is 303 g/mol. The molecule has 110 valence electrons. The Bertz CT molecular complexity index is 663. The van der Waals surface area contributed by atoms with Crippen LogP contribution < -0.4 is 10.2 Å². The average molecular weight is 303 g/mol. The molecule has 0 spiro atoms. The fraction of sp³-hybridized carbons (Fsp3) is 0.333. The van der Waals surface area contributed by atoms with Gasteiger partial charge in [-0.2, -0.15) is 0 Å². The maximum atomic E-state index is 11.3. The van der Waals surface area contributed by atoms with E-state index in [2.05, 4.69) is 10.2 Å². The first-order valence-electron chi connectivity index (χ1n) is 6.95. The summed E-state index contributed by atoms with van der Waals surface area (Å²) in [4.78, 5) is 14.3. The molecule has 1 aromatic heterocycles. The number of piperazine rings is 1. The van der Waals surface area contributed by atoms with Crippen LogP contribution in [0.2, 0.25) is 0 Å². The normalized spacial score (nSPS) is 15.2. The van der Waals surface area contributed by atoms with Gasteiger partial charge in [0.05, 0.1) is 10.5 Å². The van der Waals surface area contributed by atoms with Crippen LogP contribution in [-0.4, -0.2) is 31.1 Å². The molecule has 0 amide bonds. The van der Waals surface area contributed by atoms with E-state index in [-0.39, 0.29) is 10.6 Å². The number of benzene rings is 1. The summed E-state index contributed by atoms with van der Waals surface area (Å²) >= 11 is 1.55. The number of hydrogen-bond acceptors (Lipinski definition) is 5. The van der Waals surface area contributed by atoms with Gasteiger partial charge >= 0.3 is 0 Å². The first-order valence-corrected chi connectivity index (χ1v) is 7.83. The summed E-state index contributed by atoms with van der Waals surface area (Å²) in [5.74, 6) is 0. The lowest BCUT2D eigenvalue weighted by atomic mass is 10.1. The molecule has 2 heterocycles. The lowest BCUT2D eigenvalue weighted by Crippen LogP contribution is -2.43. The number of nitro benzene ring substituents is 1. The van der Waals surface area contributed by atoms with Crippen molar-refractivity contribution in [3.05, 3.63) is 45.3 Å². The van der Waals surface area contributed by atoms with E-state index in [1.165, 1.54) is 0 Å². The fourth-order valence-corrected chi connectivity index (χ4v) is 3.59. The predicted octanol–water partition coefficient (Wildman–Crippen LogP) is 3.04. The molecule has 0 aliphatic carbocycles. The summed E-state index contributed by atoms with van der Waals surface area (Å²) in [6.07, 6.45) is 0. The molecule has 0 bridgehead atoms. The number of nitro groups is 1. The van der Waals surface area contributed by atoms with Crippen molar-refractivity contribution >= 4 is 22.7 Å². The zero-order valence-corrected chi connectivity index (χ0v) is 12.7. The van der Waals surface area contributed by atoms with Gasteiger partial charge in [0.15, 0.2) is 0 Å². The molecule has 0 atom stereocenters. The second kappa shape index (κ2) is 5.83. The minimum atomic E-state index is -0.296. The van der Waals surface area contributed by atoms with Crippen LogP contribution in [0.25, 0.3) is 10.4 Å². The van der Waals surface area contributed by atoms with Crippen molar-refractivity contribution in [2.24, 2.45) is 0 Å². The third kappa shape index (κ3) is 2.77. The van der Waals surface area contributed by atoms with Crippen molar-refractivity contribution in [1.82, 2.24) is 5.32 Å². The van der Waals surface area contributed by atoms with E-state index in [4.69, 9.17) is 0 Å². The van der Waals surface area contributed by atoms with Gasteiger partial charge in [0.25, 0.3) is 5.69 Å². The SMILES string of the molecule is Cc1ccsc1-c1cc(N2CCNCC2)ccc1[N+](=O)[O-]. The number of rotatable bonds is 3. The van der Waals surface area contributed by atoms with Crippen LogP contribution in [0, 0.1) is 17.0 Å². The Morgan fingerprint density at radius 1 is 1.29 bits per heavy atom. The zero-order chi connectivity index (χ0) is 14.8. The number of aryl methyl sites for hydroxylation is 1. The first-order chi connectivity index (χ1) is 10.2. The van der Waals surface area contributed by atoms with Crippen LogP contribution >= 0.6 is 11.3 Å². The van der Waals surface area contributed by atoms with Crippen molar-refractivity contribution in [3.63, 3.8) is 0 Å². The minimum Gasteiger partial charge on any atom is -0.369 e. The molecule has 0 radical (unpaired) electrons. The van der Waals surface area contributed by atoms with E-state index in [0.717, 1.165) is 47.9 Å². The van der Waals surface area contributed by atoms with E-state index >= 15 is 0 Å². The summed E-state index contributed by atoms with van der Waals surface area (Å²) < 4.78 is 0. The minimum absolute atomic E-state index is 0.180. The second-order valence-electron chi connectivity index (χ2n) is 5.13. The van der Waals surface area contributed by atoms with Crippen molar-refractivity contribution < 1.29 is 4.92 Å². The summed E-state index contributed by atoms with van der Waals surface area (Å²) in [6, 6.07) is 7.45. The van der Waals surface area contributed by atoms with E-state index < -0.39 is 0 Å². The quantitative estimate of drug-likeness (QED) is 0.699. The van der Waals surface area contributed by atoms with Crippen LogP contribution in [0.4, 0.5) is 11.4 Å². The summed E-state index contributed by atoms with van der Waals surface area (Å²) in [5.41, 5.74) is 3.05. The maximum Gasteiger partial charge on any atom is 0.278 e. The van der Waals surface area contributed by atoms with Crippen LogP contribution in [0.15, 0.2) is 29.6 Å². The molecule has 1 N–H and O–H groups in total. The van der Waals surface area contributed by atoms with Crippen LogP contribution in [0.1, 0.15) is 5.56 Å². The van der Waals surface area contributed by atoms with Crippen molar-refractivity contribution in [2.45, 2.75) is 6.92 Å².